The molecule has 6 heterocycles. The van der Waals surface area contributed by atoms with Crippen LogP contribution in [0.25, 0.3) is 33.1 Å². The number of sulfonamides is 5. The SMILES string of the molecule is NS(=O)(=O)c1ccc(Nc2nc(NCc3ccccc3)c3cn[nH]c3n2)cc1.NS(=O)(=O)c1ccc(Nc2nc(Nc3ccc(S(N)(=O)=O)cc3)c3cn[nH]c3n2)cc1.O=S(=O)(NCCO)c1ccc(Nc2nc(Nc3ccc(S(=O)(=O)NCCO)cc3)c3cn[nH]c3n2)cc1. The number of aromatic amines is 3. The van der Waals surface area contributed by atoms with Gasteiger partial charge in [-0.2, -0.15) is 45.2 Å². The molecule has 0 aliphatic rings. The molecule has 6 aromatic heterocycles. The van der Waals surface area contributed by atoms with Crippen molar-refractivity contribution in [1.82, 2.24) is 69.9 Å². The number of nitrogens with zero attached hydrogens (tertiary/aromatic N) is 9. The van der Waals surface area contributed by atoms with Crippen LogP contribution in [0.1, 0.15) is 5.56 Å². The number of aromatic nitrogens is 12. The summed E-state index contributed by atoms with van der Waals surface area (Å²) in [6.07, 6.45) is 4.74. The zero-order valence-electron chi connectivity index (χ0n) is 49.5. The van der Waals surface area contributed by atoms with Crippen molar-refractivity contribution in [2.24, 2.45) is 15.4 Å². The van der Waals surface area contributed by atoms with Crippen LogP contribution in [-0.4, -0.2) is 139 Å². The topological polar surface area (TPSA) is 549 Å². The summed E-state index contributed by atoms with van der Waals surface area (Å²) in [6, 6.07) is 39.5. The predicted molar refractivity (Wildman–Crippen MR) is 356 cm³/mol. The fourth-order valence-corrected chi connectivity index (χ4v) is 12.2. The highest BCUT2D eigenvalue weighted by molar-refractivity contribution is 7.90. The van der Waals surface area contributed by atoms with E-state index >= 15 is 0 Å². The predicted octanol–water partition coefficient (Wildman–Crippen LogP) is 3.87. The van der Waals surface area contributed by atoms with E-state index in [0.717, 1.165) is 10.9 Å². The molecule has 12 rings (SSSR count). The van der Waals surface area contributed by atoms with E-state index in [2.05, 4.69) is 102 Å². The van der Waals surface area contributed by atoms with Crippen LogP contribution >= 0.6 is 0 Å². The average molecular weight is 1400 g/mol. The zero-order chi connectivity index (χ0) is 68.3. The number of nitrogens with two attached hydrogens (primary N) is 3. The van der Waals surface area contributed by atoms with Gasteiger partial charge >= 0.3 is 0 Å². The van der Waals surface area contributed by atoms with Gasteiger partial charge in [0.25, 0.3) is 0 Å². The largest absolute Gasteiger partial charge is 0.395 e. The standard InChI is InChI=1S/C21H24N8O6S2.C18H17N7O2S.C17H16N8O4S2/c30-11-9-23-36(32,33)16-5-1-14(2-6-16)25-19-18-13-22-29-20(18)28-21(27-19)26-15-3-7-17(8-4-15)37(34,35)24-10-12-31;19-28(26,27)14-8-6-13(7-9-14)22-18-23-16(15-11-21-25-17(15)24-18)20-10-12-4-2-1-3-5-12;18-30(26,27)12-5-1-10(2-6-12)21-15-14-9-20-25-16(14)24-17(23-15)22-11-3-7-13(8-4-11)31(19,28)29/h1-8,13,23-24,30-31H,9-12H2,(H3,22,25,26,27,28,29);1-9,11H,10H2,(H2,19,26,27)(H3,20,21,22,23,24,25);1-9H,(H2,18,26,27)(H2,19,28,29)(H3,20,21,22,23,24,25). The van der Waals surface area contributed by atoms with Crippen LogP contribution in [0.2, 0.25) is 0 Å². The molecule has 96 heavy (non-hydrogen) atoms. The van der Waals surface area contributed by atoms with Crippen molar-refractivity contribution in [3.8, 4) is 0 Å². The Bertz CT molecular complexity index is 5300. The smallest absolute Gasteiger partial charge is 0.240 e. The molecule has 0 radical (unpaired) electrons. The Balaban J connectivity index is 0.000000158. The van der Waals surface area contributed by atoms with Gasteiger partial charge in [-0.25, -0.2) is 67.0 Å². The van der Waals surface area contributed by atoms with Gasteiger partial charge in [0.1, 0.15) is 17.5 Å². The summed E-state index contributed by atoms with van der Waals surface area (Å²) >= 11 is 0. The number of hydrogen-bond acceptors (Lipinski definition) is 27. The van der Waals surface area contributed by atoms with Crippen LogP contribution in [0, 0.1) is 0 Å². The fraction of sp³-hybridized carbons (Fsp3) is 0.0893. The van der Waals surface area contributed by atoms with E-state index in [1.807, 2.05) is 30.3 Å². The Morgan fingerprint density at radius 2 is 0.646 bits per heavy atom. The van der Waals surface area contributed by atoms with E-state index in [0.29, 0.717) is 86.1 Å². The van der Waals surface area contributed by atoms with Gasteiger partial charge in [0, 0.05) is 48.1 Å². The van der Waals surface area contributed by atoms with Crippen molar-refractivity contribution in [3.05, 3.63) is 176 Å². The lowest BCUT2D eigenvalue weighted by Crippen LogP contribution is -2.26. The highest BCUT2D eigenvalue weighted by atomic mass is 32.2. The summed E-state index contributed by atoms with van der Waals surface area (Å²) < 4.78 is 122. The van der Waals surface area contributed by atoms with Gasteiger partial charge in [-0.3, -0.25) is 15.3 Å². The Hall–Kier alpha value is -10.8. The van der Waals surface area contributed by atoms with Crippen molar-refractivity contribution in [3.63, 3.8) is 0 Å². The number of primary sulfonamides is 3. The molecule has 0 fully saturated rings. The molecule has 0 aliphatic heterocycles. The number of nitrogens with one attached hydrogen (secondary N) is 11. The maximum Gasteiger partial charge on any atom is 0.240 e. The molecule has 0 aliphatic carbocycles. The molecule has 0 atom stereocenters. The molecule has 0 bridgehead atoms. The molecule has 19 N–H and O–H groups in total. The van der Waals surface area contributed by atoms with Crippen molar-refractivity contribution < 1.29 is 52.3 Å². The summed E-state index contributed by atoms with van der Waals surface area (Å²) in [5.74, 6) is 2.18. The van der Waals surface area contributed by atoms with E-state index < -0.39 is 50.1 Å². The van der Waals surface area contributed by atoms with Crippen LogP contribution in [0.4, 0.5) is 63.7 Å². The quantitative estimate of drug-likeness (QED) is 0.0408. The first-order chi connectivity index (χ1) is 45.8. The first-order valence-corrected chi connectivity index (χ1v) is 35.5. The lowest BCUT2D eigenvalue weighted by atomic mass is 10.2. The molecule has 0 spiro atoms. The Morgan fingerprint density at radius 1 is 0.354 bits per heavy atom. The second-order valence-electron chi connectivity index (χ2n) is 20.0. The third kappa shape index (κ3) is 17.7. The second-order valence-corrected chi connectivity index (χ2v) is 28.3. The van der Waals surface area contributed by atoms with Crippen LogP contribution in [0.5, 0.6) is 0 Å². The van der Waals surface area contributed by atoms with E-state index in [-0.39, 0.29) is 62.7 Å². The van der Waals surface area contributed by atoms with Crippen molar-refractivity contribution >= 4 is 147 Å². The molecule has 35 nitrogen and oxygen atoms in total. The van der Waals surface area contributed by atoms with E-state index in [9.17, 15) is 42.1 Å². The van der Waals surface area contributed by atoms with Gasteiger partial charge in [0.15, 0.2) is 16.9 Å². The Labute approximate surface area is 546 Å². The van der Waals surface area contributed by atoms with Crippen LogP contribution in [0.3, 0.4) is 0 Å². The second kappa shape index (κ2) is 29.3. The average Bonchev–Trinajstić information content (AvgIpc) is 1.58. The lowest BCUT2D eigenvalue weighted by Gasteiger charge is -2.11. The number of anilines is 11. The number of H-pyrrole nitrogens is 3. The molecule has 6 aromatic carbocycles. The molecular formula is C56H57N23O12S5. The van der Waals surface area contributed by atoms with Crippen molar-refractivity contribution in [1.29, 1.82) is 0 Å². The minimum absolute atomic E-state index is 0.0144. The van der Waals surface area contributed by atoms with Crippen LogP contribution in [-0.2, 0) is 56.7 Å². The van der Waals surface area contributed by atoms with Gasteiger partial charge in [-0.1, -0.05) is 30.3 Å². The van der Waals surface area contributed by atoms with Crippen molar-refractivity contribution in [2.75, 3.05) is 58.2 Å². The molecular weight excluding hydrogens is 1350 g/mol. The first kappa shape index (κ1) is 68.1. The van der Waals surface area contributed by atoms with Gasteiger partial charge in [0.05, 0.1) is 72.4 Å². The maximum atomic E-state index is 12.2. The summed E-state index contributed by atoms with van der Waals surface area (Å²) in [7, 11) is -18.8. The molecule has 0 saturated heterocycles. The highest BCUT2D eigenvalue weighted by Crippen LogP contribution is 2.30. The van der Waals surface area contributed by atoms with Gasteiger partial charge in [0.2, 0.25) is 68.0 Å². The summed E-state index contributed by atoms with van der Waals surface area (Å²) in [5.41, 5.74) is 5.38. The van der Waals surface area contributed by atoms with Gasteiger partial charge in [-0.05, 0) is 127 Å². The summed E-state index contributed by atoms with van der Waals surface area (Å²) in [4.78, 5) is 26.6. The molecule has 12 aromatic rings. The van der Waals surface area contributed by atoms with Crippen molar-refractivity contribution in [2.45, 2.75) is 31.0 Å². The van der Waals surface area contributed by atoms with Gasteiger partial charge in [-0.15, -0.1) is 0 Å². The Morgan fingerprint density at radius 3 is 0.958 bits per heavy atom. The molecule has 498 valence electrons. The van der Waals surface area contributed by atoms with E-state index in [4.69, 9.17) is 25.6 Å². The molecule has 0 unspecified atom stereocenters. The summed E-state index contributed by atoms with van der Waals surface area (Å²) in [5, 5.41) is 73.9. The Kier molecular flexibility index (Phi) is 20.8. The monoisotopic (exact) mass is 1400 g/mol. The first-order valence-electron chi connectivity index (χ1n) is 27.9. The van der Waals surface area contributed by atoms with Gasteiger partial charge < -0.3 is 42.1 Å². The third-order valence-electron chi connectivity index (χ3n) is 13.2. The van der Waals surface area contributed by atoms with Crippen LogP contribution in [0.15, 0.2) is 195 Å². The van der Waals surface area contributed by atoms with Crippen LogP contribution < -0.4 is 56.8 Å². The summed E-state index contributed by atoms with van der Waals surface area (Å²) in [6.45, 7) is -0.199. The lowest BCUT2D eigenvalue weighted by molar-refractivity contribution is 0.300. The minimum atomic E-state index is -3.80. The van der Waals surface area contributed by atoms with E-state index in [1.165, 1.54) is 79.0 Å². The highest BCUT2D eigenvalue weighted by Gasteiger charge is 2.19. The zero-order valence-corrected chi connectivity index (χ0v) is 53.6. The maximum absolute atomic E-state index is 12.2. The molecule has 0 saturated carbocycles. The van der Waals surface area contributed by atoms with E-state index in [1.54, 1.807) is 60.9 Å². The number of fused-ring (bicyclic) bond motifs is 3. The minimum Gasteiger partial charge on any atom is -0.395 e. The number of aliphatic hydroxyl groups is 2. The molecule has 0 amide bonds. The third-order valence-corrected chi connectivity index (χ3v) is 19.0. The number of hydrogen-bond donors (Lipinski definition) is 16. The number of benzene rings is 6. The fourth-order valence-electron chi connectivity index (χ4n) is 8.59. The number of rotatable bonds is 24. The number of aliphatic hydroxyl groups excluding tert-OH is 2. The molecule has 40 heteroatoms. The normalized spacial score (nSPS) is 11.9.